The average Bonchev–Trinajstić information content (AvgIpc) is 3.14. The molecule has 1 atom stereocenters. The Bertz CT molecular complexity index is 481. The van der Waals surface area contributed by atoms with E-state index in [0.717, 1.165) is 12.1 Å². The van der Waals surface area contributed by atoms with Gasteiger partial charge >= 0.3 is 0 Å². The molecule has 0 aromatic heterocycles. The molecule has 1 aromatic carbocycles. The Morgan fingerprint density at radius 2 is 1.39 bits per heavy atom. The molecule has 3 fully saturated rings. The molecule has 0 bridgehead atoms. The summed E-state index contributed by atoms with van der Waals surface area (Å²) in [6.07, 6.45) is 4.10. The summed E-state index contributed by atoms with van der Waals surface area (Å²) in [5, 5.41) is 0. The van der Waals surface area contributed by atoms with Crippen molar-refractivity contribution in [2.75, 3.05) is 55.7 Å². The van der Waals surface area contributed by atoms with Crippen LogP contribution in [0.1, 0.15) is 19.3 Å². The average molecular weight is 332 g/mol. The summed E-state index contributed by atoms with van der Waals surface area (Å²) in [5.74, 6) is 2.68. The van der Waals surface area contributed by atoms with Crippen molar-refractivity contribution in [3.63, 3.8) is 0 Å². The van der Waals surface area contributed by atoms with Crippen LogP contribution in [-0.2, 0) is 0 Å². The normalized spacial score (nSPS) is 28.3. The number of likely N-dealkylation sites (tertiary alicyclic amines) is 1. The van der Waals surface area contributed by atoms with E-state index < -0.39 is 0 Å². The molecule has 3 aliphatic heterocycles. The second-order valence-corrected chi connectivity index (χ2v) is 8.36. The molecular formula is C19H29N3S. The lowest BCUT2D eigenvalue weighted by atomic mass is 10.0. The SMILES string of the molecule is c1ccc(N2CCC(N3CCC(N4CCSCC4)CC3)C2)cc1. The van der Waals surface area contributed by atoms with Crippen LogP contribution in [0.3, 0.4) is 0 Å². The number of anilines is 1. The van der Waals surface area contributed by atoms with Crippen molar-refractivity contribution < 1.29 is 0 Å². The zero-order valence-electron chi connectivity index (χ0n) is 14.1. The standard InChI is InChI=1S/C19H29N3S/c1-2-4-17(5-3-1)22-11-8-19(16-22)20-9-6-18(7-10-20)21-12-14-23-15-13-21/h1-5,18-19H,6-16H2. The highest BCUT2D eigenvalue weighted by Crippen LogP contribution is 2.27. The van der Waals surface area contributed by atoms with Crippen LogP contribution in [0, 0.1) is 0 Å². The molecule has 0 spiro atoms. The molecule has 4 heteroatoms. The van der Waals surface area contributed by atoms with Crippen molar-refractivity contribution in [3.05, 3.63) is 30.3 Å². The van der Waals surface area contributed by atoms with Crippen LogP contribution in [0.15, 0.2) is 30.3 Å². The molecule has 0 aliphatic carbocycles. The van der Waals surface area contributed by atoms with Gasteiger partial charge in [0.25, 0.3) is 0 Å². The maximum absolute atomic E-state index is 2.78. The van der Waals surface area contributed by atoms with E-state index in [9.17, 15) is 0 Å². The molecule has 0 amide bonds. The van der Waals surface area contributed by atoms with Gasteiger partial charge in [0.05, 0.1) is 0 Å². The fourth-order valence-corrected chi connectivity index (χ4v) is 5.40. The molecule has 0 radical (unpaired) electrons. The molecule has 3 aliphatic rings. The Kier molecular flexibility index (Phi) is 5.12. The number of para-hydroxylation sites is 1. The number of hydrogen-bond donors (Lipinski definition) is 0. The van der Waals surface area contributed by atoms with Crippen molar-refractivity contribution in [3.8, 4) is 0 Å². The first-order valence-electron chi connectivity index (χ1n) is 9.26. The van der Waals surface area contributed by atoms with Crippen LogP contribution in [0.2, 0.25) is 0 Å². The van der Waals surface area contributed by atoms with Gasteiger partial charge in [0.2, 0.25) is 0 Å². The Labute approximate surface area is 145 Å². The first-order chi connectivity index (χ1) is 11.4. The lowest BCUT2D eigenvalue weighted by molar-refractivity contribution is 0.0944. The molecule has 0 N–H and O–H groups in total. The van der Waals surface area contributed by atoms with Crippen molar-refractivity contribution >= 4 is 17.4 Å². The Hall–Kier alpha value is -0.710. The molecular weight excluding hydrogens is 302 g/mol. The van der Waals surface area contributed by atoms with E-state index in [1.54, 1.807) is 0 Å². The first-order valence-corrected chi connectivity index (χ1v) is 10.4. The van der Waals surface area contributed by atoms with Gasteiger partial charge in [-0.2, -0.15) is 11.8 Å². The summed E-state index contributed by atoms with van der Waals surface area (Å²) in [7, 11) is 0. The maximum Gasteiger partial charge on any atom is 0.0366 e. The van der Waals surface area contributed by atoms with Crippen LogP contribution < -0.4 is 4.90 Å². The largest absolute Gasteiger partial charge is 0.370 e. The predicted molar refractivity (Wildman–Crippen MR) is 101 cm³/mol. The molecule has 1 unspecified atom stereocenters. The van der Waals surface area contributed by atoms with E-state index in [0.29, 0.717) is 0 Å². The summed E-state index contributed by atoms with van der Waals surface area (Å²) < 4.78 is 0. The Morgan fingerprint density at radius 3 is 2.13 bits per heavy atom. The van der Waals surface area contributed by atoms with Gasteiger partial charge in [-0.05, 0) is 44.5 Å². The minimum absolute atomic E-state index is 0.771. The third-order valence-corrected chi connectivity index (χ3v) is 6.80. The van der Waals surface area contributed by atoms with Crippen molar-refractivity contribution in [1.82, 2.24) is 9.80 Å². The highest BCUT2D eigenvalue weighted by molar-refractivity contribution is 7.99. The number of thioether (sulfide) groups is 1. The van der Waals surface area contributed by atoms with Gasteiger partial charge < -0.3 is 4.90 Å². The fourth-order valence-electron chi connectivity index (χ4n) is 4.47. The molecule has 4 rings (SSSR count). The zero-order valence-corrected chi connectivity index (χ0v) is 14.9. The minimum Gasteiger partial charge on any atom is -0.370 e. The predicted octanol–water partition coefficient (Wildman–Crippen LogP) is 2.78. The van der Waals surface area contributed by atoms with Crippen LogP contribution in [-0.4, -0.2) is 72.7 Å². The smallest absolute Gasteiger partial charge is 0.0366 e. The second kappa shape index (κ2) is 7.45. The lowest BCUT2D eigenvalue weighted by Crippen LogP contribution is -2.50. The quantitative estimate of drug-likeness (QED) is 0.842. The highest BCUT2D eigenvalue weighted by atomic mass is 32.2. The summed E-state index contributed by atoms with van der Waals surface area (Å²) in [6, 6.07) is 12.6. The van der Waals surface area contributed by atoms with Crippen LogP contribution in [0.25, 0.3) is 0 Å². The Morgan fingerprint density at radius 1 is 0.739 bits per heavy atom. The monoisotopic (exact) mass is 331 g/mol. The van der Waals surface area contributed by atoms with E-state index in [2.05, 4.69) is 56.8 Å². The van der Waals surface area contributed by atoms with E-state index in [1.165, 1.54) is 75.7 Å². The van der Waals surface area contributed by atoms with Crippen molar-refractivity contribution in [2.24, 2.45) is 0 Å². The molecule has 1 aromatic rings. The maximum atomic E-state index is 2.78. The summed E-state index contributed by atoms with van der Waals surface area (Å²) in [6.45, 7) is 7.69. The molecule has 23 heavy (non-hydrogen) atoms. The lowest BCUT2D eigenvalue weighted by Gasteiger charge is -2.41. The summed E-state index contributed by atoms with van der Waals surface area (Å²) in [4.78, 5) is 8.11. The molecule has 3 nitrogen and oxygen atoms in total. The topological polar surface area (TPSA) is 9.72 Å². The van der Waals surface area contributed by atoms with Crippen LogP contribution in [0.4, 0.5) is 5.69 Å². The van der Waals surface area contributed by atoms with Gasteiger partial charge in [0.1, 0.15) is 0 Å². The highest BCUT2D eigenvalue weighted by Gasteiger charge is 2.32. The number of rotatable bonds is 3. The van der Waals surface area contributed by atoms with Gasteiger partial charge in [0.15, 0.2) is 0 Å². The third-order valence-electron chi connectivity index (χ3n) is 5.86. The number of piperidine rings is 1. The second-order valence-electron chi connectivity index (χ2n) is 7.14. The molecule has 0 saturated carbocycles. The van der Waals surface area contributed by atoms with E-state index in [-0.39, 0.29) is 0 Å². The zero-order chi connectivity index (χ0) is 15.5. The van der Waals surface area contributed by atoms with Gasteiger partial charge in [-0.25, -0.2) is 0 Å². The summed E-state index contributed by atoms with van der Waals surface area (Å²) in [5.41, 5.74) is 1.40. The van der Waals surface area contributed by atoms with Gasteiger partial charge in [-0.1, -0.05) is 18.2 Å². The molecule has 126 valence electrons. The fraction of sp³-hybridized carbons (Fsp3) is 0.684. The van der Waals surface area contributed by atoms with Crippen molar-refractivity contribution in [1.29, 1.82) is 0 Å². The molecule has 3 heterocycles. The van der Waals surface area contributed by atoms with Crippen LogP contribution >= 0.6 is 11.8 Å². The Balaban J connectivity index is 1.28. The van der Waals surface area contributed by atoms with E-state index in [4.69, 9.17) is 0 Å². The number of benzene rings is 1. The summed E-state index contributed by atoms with van der Waals surface area (Å²) >= 11 is 2.12. The van der Waals surface area contributed by atoms with Gasteiger partial charge in [0, 0.05) is 55.5 Å². The minimum atomic E-state index is 0.771. The molecule has 3 saturated heterocycles. The first kappa shape index (κ1) is 15.8. The number of nitrogens with zero attached hydrogens (tertiary/aromatic N) is 3. The van der Waals surface area contributed by atoms with Gasteiger partial charge in [-0.3, -0.25) is 9.80 Å². The van der Waals surface area contributed by atoms with Crippen molar-refractivity contribution in [2.45, 2.75) is 31.3 Å². The van der Waals surface area contributed by atoms with E-state index >= 15 is 0 Å². The third kappa shape index (κ3) is 3.70. The van der Waals surface area contributed by atoms with Crippen LogP contribution in [0.5, 0.6) is 0 Å². The number of hydrogen-bond acceptors (Lipinski definition) is 4. The van der Waals surface area contributed by atoms with E-state index in [1.807, 2.05) is 0 Å². The van der Waals surface area contributed by atoms with Gasteiger partial charge in [-0.15, -0.1) is 0 Å².